The van der Waals surface area contributed by atoms with Crippen molar-refractivity contribution in [3.63, 3.8) is 0 Å². The maximum Gasteiger partial charge on any atom is 0.339 e. The highest BCUT2D eigenvalue weighted by atomic mass is 32.2. The Kier molecular flexibility index (Phi) is 5.38. The summed E-state index contributed by atoms with van der Waals surface area (Å²) in [5.41, 5.74) is 1.88. The molecule has 3 heterocycles. The maximum absolute atomic E-state index is 12.5. The van der Waals surface area contributed by atoms with Gasteiger partial charge in [0.05, 0.1) is 23.6 Å². The van der Waals surface area contributed by atoms with Gasteiger partial charge in [-0.25, -0.2) is 28.2 Å². The SMILES string of the molecule is COC(=O)c1ccc(Nc2ncnc3c2CN(S(=O)(=O)C(C)C)CC3)nc1. The largest absolute Gasteiger partial charge is 0.465 e. The van der Waals surface area contributed by atoms with Crippen LogP contribution < -0.4 is 5.32 Å². The molecule has 9 nitrogen and oxygen atoms in total. The van der Waals surface area contributed by atoms with Gasteiger partial charge in [-0.05, 0) is 26.0 Å². The Balaban J connectivity index is 1.86. The van der Waals surface area contributed by atoms with Crippen molar-refractivity contribution >= 4 is 27.6 Å². The van der Waals surface area contributed by atoms with E-state index >= 15 is 0 Å². The molecule has 0 radical (unpaired) electrons. The summed E-state index contributed by atoms with van der Waals surface area (Å²) in [7, 11) is -2.06. The van der Waals surface area contributed by atoms with Crippen molar-refractivity contribution in [3.05, 3.63) is 41.5 Å². The molecule has 1 N–H and O–H groups in total. The Morgan fingerprint density at radius 2 is 2.04 bits per heavy atom. The fourth-order valence-electron chi connectivity index (χ4n) is 2.77. The number of ether oxygens (including phenoxy) is 1. The van der Waals surface area contributed by atoms with Crippen molar-refractivity contribution < 1.29 is 17.9 Å². The van der Waals surface area contributed by atoms with Gasteiger partial charge >= 0.3 is 5.97 Å². The van der Waals surface area contributed by atoms with E-state index in [0.717, 1.165) is 11.3 Å². The average molecular weight is 391 g/mol. The van der Waals surface area contributed by atoms with E-state index in [1.807, 2.05) is 0 Å². The summed E-state index contributed by atoms with van der Waals surface area (Å²) in [6.07, 6.45) is 3.36. The lowest BCUT2D eigenvalue weighted by molar-refractivity contribution is 0.0600. The standard InChI is InChI=1S/C17H21N5O4S/c1-11(2)27(24,25)22-7-6-14-13(9-22)16(20-10-19-14)21-15-5-4-12(8-18-15)17(23)26-3/h4-5,8,10-11H,6-7,9H2,1-3H3,(H,18,19,20,21). The number of carbonyl (C=O) groups is 1. The highest BCUT2D eigenvalue weighted by Gasteiger charge is 2.31. The molecule has 2 aromatic heterocycles. The van der Waals surface area contributed by atoms with Crippen LogP contribution in [0.25, 0.3) is 0 Å². The number of anilines is 2. The molecule has 0 atom stereocenters. The molecule has 27 heavy (non-hydrogen) atoms. The molecule has 3 rings (SSSR count). The predicted octanol–water partition coefficient (Wildman–Crippen LogP) is 1.50. The summed E-state index contributed by atoms with van der Waals surface area (Å²) in [6, 6.07) is 3.22. The van der Waals surface area contributed by atoms with Gasteiger partial charge in [0.25, 0.3) is 0 Å². The molecule has 0 saturated heterocycles. The molecule has 144 valence electrons. The average Bonchev–Trinajstić information content (AvgIpc) is 2.67. The predicted molar refractivity (Wildman–Crippen MR) is 99.1 cm³/mol. The fourth-order valence-corrected chi connectivity index (χ4v) is 4.02. The van der Waals surface area contributed by atoms with Crippen LogP contribution >= 0.6 is 0 Å². The van der Waals surface area contributed by atoms with Crippen LogP contribution in [0.2, 0.25) is 0 Å². The maximum atomic E-state index is 12.5. The number of hydrogen-bond donors (Lipinski definition) is 1. The van der Waals surface area contributed by atoms with E-state index in [0.29, 0.717) is 30.2 Å². The third-order valence-electron chi connectivity index (χ3n) is 4.35. The summed E-state index contributed by atoms with van der Waals surface area (Å²) in [6.45, 7) is 3.94. The van der Waals surface area contributed by atoms with Crippen LogP contribution in [0.4, 0.5) is 11.6 Å². The summed E-state index contributed by atoms with van der Waals surface area (Å²) >= 11 is 0. The number of rotatable bonds is 5. The van der Waals surface area contributed by atoms with Gasteiger partial charge in [0.1, 0.15) is 18.0 Å². The van der Waals surface area contributed by atoms with Crippen LogP contribution in [0.5, 0.6) is 0 Å². The Hall–Kier alpha value is -2.59. The Morgan fingerprint density at radius 3 is 2.67 bits per heavy atom. The minimum absolute atomic E-state index is 0.208. The van der Waals surface area contributed by atoms with Crippen molar-refractivity contribution in [2.24, 2.45) is 0 Å². The summed E-state index contributed by atoms with van der Waals surface area (Å²) in [5.74, 6) is 0.511. The van der Waals surface area contributed by atoms with Gasteiger partial charge in [-0.1, -0.05) is 0 Å². The van der Waals surface area contributed by atoms with E-state index in [9.17, 15) is 13.2 Å². The molecule has 1 aliphatic rings. The first kappa shape index (κ1) is 19.2. The van der Waals surface area contributed by atoms with Gasteiger partial charge in [0.2, 0.25) is 10.0 Å². The van der Waals surface area contributed by atoms with E-state index in [1.54, 1.807) is 26.0 Å². The third kappa shape index (κ3) is 3.91. The van der Waals surface area contributed by atoms with E-state index in [4.69, 9.17) is 0 Å². The zero-order valence-electron chi connectivity index (χ0n) is 15.3. The summed E-state index contributed by atoms with van der Waals surface area (Å²) in [4.78, 5) is 24.2. The lowest BCUT2D eigenvalue weighted by Gasteiger charge is -2.29. The van der Waals surface area contributed by atoms with Gasteiger partial charge in [-0.2, -0.15) is 4.31 Å². The van der Waals surface area contributed by atoms with Crippen LogP contribution in [0, 0.1) is 0 Å². The zero-order valence-corrected chi connectivity index (χ0v) is 16.2. The number of aromatic nitrogens is 3. The summed E-state index contributed by atoms with van der Waals surface area (Å²) in [5, 5.41) is 2.59. The lowest BCUT2D eigenvalue weighted by Crippen LogP contribution is -2.40. The number of sulfonamides is 1. The number of carbonyl (C=O) groups excluding carboxylic acids is 1. The molecule has 0 bridgehead atoms. The van der Waals surface area contributed by atoms with Gasteiger partial charge < -0.3 is 10.1 Å². The van der Waals surface area contributed by atoms with Crippen molar-refractivity contribution in [1.82, 2.24) is 19.3 Å². The van der Waals surface area contributed by atoms with Crippen LogP contribution in [-0.2, 0) is 27.7 Å². The molecule has 0 aromatic carbocycles. The quantitative estimate of drug-likeness (QED) is 0.763. The first-order valence-electron chi connectivity index (χ1n) is 8.46. The Labute approximate surface area is 157 Å². The van der Waals surface area contributed by atoms with Crippen molar-refractivity contribution in [1.29, 1.82) is 0 Å². The minimum Gasteiger partial charge on any atom is -0.465 e. The van der Waals surface area contributed by atoms with E-state index in [-0.39, 0.29) is 6.54 Å². The highest BCUT2D eigenvalue weighted by Crippen LogP contribution is 2.27. The van der Waals surface area contributed by atoms with Crippen molar-refractivity contribution in [2.75, 3.05) is 19.0 Å². The molecule has 0 fully saturated rings. The van der Waals surface area contributed by atoms with Crippen LogP contribution in [0.15, 0.2) is 24.7 Å². The normalized spacial score (nSPS) is 14.7. The second kappa shape index (κ2) is 7.57. The van der Waals surface area contributed by atoms with Crippen molar-refractivity contribution in [2.45, 2.75) is 32.1 Å². The molecule has 0 unspecified atom stereocenters. The first-order valence-corrected chi connectivity index (χ1v) is 9.96. The molecular formula is C17H21N5O4S. The second-order valence-corrected chi connectivity index (χ2v) is 8.86. The fraction of sp³-hybridized carbons (Fsp3) is 0.412. The number of esters is 1. The Morgan fingerprint density at radius 1 is 1.26 bits per heavy atom. The number of nitrogens with one attached hydrogen (secondary N) is 1. The minimum atomic E-state index is -3.37. The van der Waals surface area contributed by atoms with E-state index in [2.05, 4.69) is 25.0 Å². The summed E-state index contributed by atoms with van der Waals surface area (Å²) < 4.78 is 31.1. The molecule has 0 aliphatic carbocycles. The van der Waals surface area contributed by atoms with Crippen LogP contribution in [0.1, 0.15) is 35.5 Å². The second-order valence-electron chi connectivity index (χ2n) is 6.37. The zero-order chi connectivity index (χ0) is 19.6. The van der Waals surface area contributed by atoms with Crippen LogP contribution in [-0.4, -0.2) is 52.5 Å². The first-order chi connectivity index (χ1) is 12.8. The van der Waals surface area contributed by atoms with Crippen molar-refractivity contribution in [3.8, 4) is 0 Å². The lowest BCUT2D eigenvalue weighted by atomic mass is 10.1. The van der Waals surface area contributed by atoms with E-state index in [1.165, 1.54) is 23.9 Å². The van der Waals surface area contributed by atoms with Gasteiger partial charge in [0.15, 0.2) is 0 Å². The molecule has 1 aliphatic heterocycles. The highest BCUT2D eigenvalue weighted by molar-refractivity contribution is 7.89. The van der Waals surface area contributed by atoms with E-state index < -0.39 is 21.2 Å². The van der Waals surface area contributed by atoms with Gasteiger partial charge in [-0.15, -0.1) is 0 Å². The molecular weight excluding hydrogens is 370 g/mol. The number of pyridine rings is 1. The smallest absolute Gasteiger partial charge is 0.339 e. The van der Waals surface area contributed by atoms with Crippen LogP contribution in [0.3, 0.4) is 0 Å². The number of methoxy groups -OCH3 is 1. The topological polar surface area (TPSA) is 114 Å². The molecule has 0 spiro atoms. The van der Waals surface area contributed by atoms with Gasteiger partial charge in [-0.3, -0.25) is 0 Å². The number of fused-ring (bicyclic) bond motifs is 1. The van der Waals surface area contributed by atoms with Gasteiger partial charge in [0, 0.05) is 31.3 Å². The molecule has 10 heteroatoms. The molecule has 2 aromatic rings. The molecule has 0 amide bonds. The third-order valence-corrected chi connectivity index (χ3v) is 6.58. The number of hydrogen-bond acceptors (Lipinski definition) is 8. The molecule has 0 saturated carbocycles. The number of nitrogens with zero attached hydrogens (tertiary/aromatic N) is 4. The monoisotopic (exact) mass is 391 g/mol. The Bertz CT molecular complexity index is 944.